The van der Waals surface area contributed by atoms with Crippen molar-refractivity contribution in [1.29, 1.82) is 0 Å². The van der Waals surface area contributed by atoms with Crippen LogP contribution in [-0.2, 0) is 35.3 Å². The van der Waals surface area contributed by atoms with Crippen molar-refractivity contribution in [3.63, 3.8) is 0 Å². The Bertz CT molecular complexity index is 1200. The lowest BCUT2D eigenvalue weighted by Gasteiger charge is -2.34. The molecule has 0 aliphatic carbocycles. The highest BCUT2D eigenvalue weighted by atomic mass is 16.5. The van der Waals surface area contributed by atoms with Crippen LogP contribution in [0.4, 0.5) is 0 Å². The van der Waals surface area contributed by atoms with Crippen LogP contribution in [0.5, 0.6) is 0 Å². The number of amides is 4. The topological polar surface area (TPSA) is 146 Å². The zero-order chi connectivity index (χ0) is 38.1. The number of hydrogen-bond donors (Lipinski definition) is 4. The average Bonchev–Trinajstić information content (AvgIpc) is 3.02. The lowest BCUT2D eigenvalue weighted by molar-refractivity contribution is -0.151. The number of esters is 1. The number of hydrogen-bond acceptors (Lipinski definition) is 7. The Morgan fingerprint density at radius 3 is 1.50 bits per heavy atom. The molecule has 1 aromatic rings. The highest BCUT2D eigenvalue weighted by Gasteiger charge is 2.36. The fourth-order valence-corrected chi connectivity index (χ4v) is 5.84. The maximum absolute atomic E-state index is 14.2. The van der Waals surface area contributed by atoms with Gasteiger partial charge in [-0.05, 0) is 74.3 Å². The SMILES string of the molecule is CN[C@H](CC(C)C)C(=O)N[C@@H](CC(C)C)C(=O)N[C@@H](CC(C)C)C(=O)N(C)[C@H](CC(C)C)C(=O)N[C@@H](CC(C)C)C(=O)OCc1ccccc1. The van der Waals surface area contributed by atoms with E-state index < -0.39 is 53.9 Å². The van der Waals surface area contributed by atoms with Gasteiger partial charge in [-0.25, -0.2) is 4.79 Å². The normalized spacial score (nSPS) is 14.7. The van der Waals surface area contributed by atoms with Gasteiger partial charge in [-0.3, -0.25) is 19.2 Å². The lowest BCUT2D eigenvalue weighted by Crippen LogP contribution is -2.59. The number of nitrogens with one attached hydrogen (secondary N) is 4. The van der Waals surface area contributed by atoms with Gasteiger partial charge in [0.25, 0.3) is 0 Å². The molecule has 0 fully saturated rings. The summed E-state index contributed by atoms with van der Waals surface area (Å²) in [7, 11) is 3.29. The average molecular weight is 702 g/mol. The van der Waals surface area contributed by atoms with E-state index in [1.54, 1.807) is 14.1 Å². The molecule has 5 atom stereocenters. The van der Waals surface area contributed by atoms with E-state index in [0.29, 0.717) is 32.1 Å². The summed E-state index contributed by atoms with van der Waals surface area (Å²) in [5.74, 6) is -1.57. The molecule has 0 aromatic heterocycles. The summed E-state index contributed by atoms with van der Waals surface area (Å²) in [5.41, 5.74) is 0.837. The molecule has 1 aromatic carbocycles. The molecule has 0 aliphatic rings. The van der Waals surface area contributed by atoms with Crippen LogP contribution in [0.3, 0.4) is 0 Å². The minimum Gasteiger partial charge on any atom is -0.459 e. The summed E-state index contributed by atoms with van der Waals surface area (Å²) in [6.07, 6.45) is 2.05. The van der Waals surface area contributed by atoms with Crippen LogP contribution >= 0.6 is 0 Å². The molecule has 0 saturated carbocycles. The van der Waals surface area contributed by atoms with E-state index in [1.807, 2.05) is 99.6 Å². The fourth-order valence-electron chi connectivity index (χ4n) is 5.84. The molecule has 11 nitrogen and oxygen atoms in total. The van der Waals surface area contributed by atoms with Crippen LogP contribution in [0.15, 0.2) is 30.3 Å². The molecule has 0 unspecified atom stereocenters. The molecule has 1 rings (SSSR count). The van der Waals surface area contributed by atoms with Crippen LogP contribution in [0.2, 0.25) is 0 Å². The third-order valence-electron chi connectivity index (χ3n) is 8.38. The Hall–Kier alpha value is -3.47. The summed E-state index contributed by atoms with van der Waals surface area (Å²) in [6.45, 7) is 19.8. The first kappa shape index (κ1) is 44.6. The molecular formula is C39H67N5O6. The van der Waals surface area contributed by atoms with Gasteiger partial charge in [-0.15, -0.1) is 0 Å². The van der Waals surface area contributed by atoms with E-state index in [9.17, 15) is 24.0 Å². The van der Waals surface area contributed by atoms with E-state index in [0.717, 1.165) is 5.56 Å². The van der Waals surface area contributed by atoms with Crippen molar-refractivity contribution in [2.75, 3.05) is 14.1 Å². The van der Waals surface area contributed by atoms with Gasteiger partial charge in [-0.2, -0.15) is 0 Å². The van der Waals surface area contributed by atoms with Gasteiger partial charge in [0.2, 0.25) is 23.6 Å². The van der Waals surface area contributed by atoms with Gasteiger partial charge in [-0.1, -0.05) is 99.6 Å². The second-order valence-electron chi connectivity index (χ2n) is 15.7. The molecule has 4 N–H and O–H groups in total. The van der Waals surface area contributed by atoms with Gasteiger partial charge in [0.15, 0.2) is 0 Å². The Morgan fingerprint density at radius 2 is 1.00 bits per heavy atom. The van der Waals surface area contributed by atoms with Crippen molar-refractivity contribution in [2.45, 2.75) is 138 Å². The van der Waals surface area contributed by atoms with E-state index in [2.05, 4.69) is 21.3 Å². The van der Waals surface area contributed by atoms with Gasteiger partial charge in [0.05, 0.1) is 6.04 Å². The third kappa shape index (κ3) is 16.5. The van der Waals surface area contributed by atoms with Crippen molar-refractivity contribution in [3.05, 3.63) is 35.9 Å². The zero-order valence-electron chi connectivity index (χ0n) is 32.8. The summed E-state index contributed by atoms with van der Waals surface area (Å²) in [4.78, 5) is 69.7. The number of nitrogens with zero attached hydrogens (tertiary/aromatic N) is 1. The molecule has 11 heteroatoms. The van der Waals surface area contributed by atoms with Gasteiger partial charge >= 0.3 is 5.97 Å². The Morgan fingerprint density at radius 1 is 0.580 bits per heavy atom. The van der Waals surface area contributed by atoms with Crippen molar-refractivity contribution in [2.24, 2.45) is 29.6 Å². The number of ether oxygens (including phenoxy) is 1. The number of carbonyl (C=O) groups excluding carboxylic acids is 5. The van der Waals surface area contributed by atoms with Crippen molar-refractivity contribution >= 4 is 29.6 Å². The number of benzene rings is 1. The Labute approximate surface area is 301 Å². The predicted octanol–water partition coefficient (Wildman–Crippen LogP) is 4.83. The van der Waals surface area contributed by atoms with E-state index in [1.165, 1.54) is 4.90 Å². The Balaban J connectivity index is 3.26. The number of carbonyl (C=O) groups is 5. The smallest absolute Gasteiger partial charge is 0.328 e. The molecule has 0 saturated heterocycles. The van der Waals surface area contributed by atoms with Gasteiger partial charge in [0.1, 0.15) is 30.8 Å². The van der Waals surface area contributed by atoms with Crippen molar-refractivity contribution in [3.8, 4) is 0 Å². The zero-order valence-corrected chi connectivity index (χ0v) is 32.8. The molecule has 284 valence electrons. The summed E-state index contributed by atoms with van der Waals surface area (Å²) in [5, 5.41) is 11.8. The minimum absolute atomic E-state index is 0.0442. The Kier molecular flexibility index (Phi) is 19.9. The van der Waals surface area contributed by atoms with Crippen molar-refractivity contribution < 1.29 is 28.7 Å². The van der Waals surface area contributed by atoms with Crippen LogP contribution in [0.25, 0.3) is 0 Å². The molecule has 50 heavy (non-hydrogen) atoms. The van der Waals surface area contributed by atoms with Crippen molar-refractivity contribution in [1.82, 2.24) is 26.2 Å². The third-order valence-corrected chi connectivity index (χ3v) is 8.38. The van der Waals surface area contributed by atoms with Gasteiger partial charge < -0.3 is 30.9 Å². The second-order valence-corrected chi connectivity index (χ2v) is 15.7. The monoisotopic (exact) mass is 702 g/mol. The van der Waals surface area contributed by atoms with E-state index in [-0.39, 0.29) is 42.1 Å². The first-order valence-electron chi connectivity index (χ1n) is 18.4. The second kappa shape index (κ2) is 22.4. The number of likely N-dealkylation sites (N-methyl/N-ethyl adjacent to an activating group) is 2. The fraction of sp³-hybridized carbons (Fsp3) is 0.718. The van der Waals surface area contributed by atoms with Crippen LogP contribution in [0, 0.1) is 29.6 Å². The largest absolute Gasteiger partial charge is 0.459 e. The maximum atomic E-state index is 14.2. The van der Waals surface area contributed by atoms with Crippen LogP contribution in [0.1, 0.15) is 107 Å². The summed E-state index contributed by atoms with van der Waals surface area (Å²) < 4.78 is 5.59. The minimum atomic E-state index is -0.931. The maximum Gasteiger partial charge on any atom is 0.328 e. The van der Waals surface area contributed by atoms with Gasteiger partial charge in [0, 0.05) is 7.05 Å². The molecule has 0 radical (unpaired) electrons. The van der Waals surface area contributed by atoms with Crippen LogP contribution in [-0.4, -0.2) is 78.8 Å². The van der Waals surface area contributed by atoms with E-state index >= 15 is 0 Å². The highest BCUT2D eigenvalue weighted by molar-refractivity contribution is 5.95. The molecule has 0 aliphatic heterocycles. The highest BCUT2D eigenvalue weighted by Crippen LogP contribution is 2.18. The molecule has 4 amide bonds. The molecule has 0 bridgehead atoms. The lowest BCUT2D eigenvalue weighted by atomic mass is 9.97. The molecule has 0 spiro atoms. The predicted molar refractivity (Wildman–Crippen MR) is 199 cm³/mol. The molecular weight excluding hydrogens is 634 g/mol. The summed E-state index contributed by atoms with van der Waals surface area (Å²) >= 11 is 0. The quantitative estimate of drug-likeness (QED) is 0.127. The summed E-state index contributed by atoms with van der Waals surface area (Å²) in [6, 6.07) is 5.31. The first-order valence-corrected chi connectivity index (χ1v) is 18.4. The molecule has 0 heterocycles. The number of rotatable bonds is 22. The standard InChI is InChI=1S/C39H67N5O6/c1-24(2)18-30(40-11)35(45)41-31(19-25(3)4)36(46)42-32(20-26(5)6)38(48)44(12)34(22-28(9)10)37(47)43-33(21-27(7)8)39(49)50-23-29-16-14-13-15-17-29/h13-17,24-28,30-34,40H,18-23H2,1-12H3,(H,41,45)(H,42,46)(H,43,47)/t30-,31+,32+,33+,34-/m1/s1. The van der Waals surface area contributed by atoms with E-state index in [4.69, 9.17) is 4.74 Å². The van der Waals surface area contributed by atoms with Crippen LogP contribution < -0.4 is 21.3 Å². The first-order chi connectivity index (χ1) is 23.4.